The molecule has 14 atom stereocenters. The highest BCUT2D eigenvalue weighted by Gasteiger charge is 2.51. The van der Waals surface area contributed by atoms with Gasteiger partial charge in [0, 0.05) is 12.6 Å². The molecule has 2 saturated heterocycles. The van der Waals surface area contributed by atoms with Crippen molar-refractivity contribution in [1.29, 1.82) is 0 Å². The van der Waals surface area contributed by atoms with Gasteiger partial charge in [0.1, 0.15) is 42.7 Å². The van der Waals surface area contributed by atoms with Crippen LogP contribution in [-0.2, 0) is 23.7 Å². The highest BCUT2D eigenvalue weighted by molar-refractivity contribution is 5.80. The molecule has 0 bridgehead atoms. The van der Waals surface area contributed by atoms with Crippen molar-refractivity contribution in [1.82, 2.24) is 5.32 Å². The van der Waals surface area contributed by atoms with E-state index in [1.807, 2.05) is 0 Å². The molecule has 16 N–H and O–H groups in total. The number of hydrogen-bond acceptors (Lipinski definition) is 15. The maximum Gasteiger partial charge on any atom is 0.249 e. The number of hydrogen-bond donors (Lipinski definition) is 11. The van der Waals surface area contributed by atoms with Crippen molar-refractivity contribution >= 4 is 5.91 Å². The van der Waals surface area contributed by atoms with Crippen molar-refractivity contribution < 1.29 is 49.3 Å². The molecule has 39 heavy (non-hydrogen) atoms. The van der Waals surface area contributed by atoms with Gasteiger partial charge in [-0.25, -0.2) is 0 Å². The molecule has 1 saturated carbocycles. The maximum atomic E-state index is 12.7. The fourth-order valence-corrected chi connectivity index (χ4v) is 5.18. The minimum atomic E-state index is -1.54. The fraction of sp³-hybridized carbons (Fsp3) is 0.957. The van der Waals surface area contributed by atoms with Gasteiger partial charge in [-0.05, 0) is 38.6 Å². The Labute approximate surface area is 227 Å². The largest absolute Gasteiger partial charge is 0.394 e. The van der Waals surface area contributed by atoms with Crippen LogP contribution in [0.5, 0.6) is 0 Å². The summed E-state index contributed by atoms with van der Waals surface area (Å²) in [5.74, 6) is -0.727. The van der Waals surface area contributed by atoms with Gasteiger partial charge in [0.25, 0.3) is 0 Å². The summed E-state index contributed by atoms with van der Waals surface area (Å²) in [6.45, 7) is -0.0707. The van der Waals surface area contributed by atoms with E-state index < -0.39 is 92.0 Å². The van der Waals surface area contributed by atoms with Crippen LogP contribution in [-0.4, -0.2) is 137 Å². The molecule has 2 aliphatic heterocycles. The zero-order valence-corrected chi connectivity index (χ0v) is 21.9. The van der Waals surface area contributed by atoms with Gasteiger partial charge < -0.3 is 78.5 Å². The smallest absolute Gasteiger partial charge is 0.249 e. The van der Waals surface area contributed by atoms with Crippen molar-refractivity contribution in [3.63, 3.8) is 0 Å². The van der Waals surface area contributed by atoms with Crippen LogP contribution >= 0.6 is 0 Å². The average molecular weight is 567 g/mol. The van der Waals surface area contributed by atoms with Crippen molar-refractivity contribution in [3.05, 3.63) is 0 Å². The normalized spacial score (nSPS) is 44.1. The second kappa shape index (κ2) is 14.7. The molecule has 0 unspecified atom stereocenters. The van der Waals surface area contributed by atoms with Gasteiger partial charge in [-0.15, -0.1) is 0 Å². The second-order valence-electron chi connectivity index (χ2n) is 10.5. The van der Waals surface area contributed by atoms with Crippen molar-refractivity contribution in [3.8, 4) is 0 Å². The molecule has 228 valence electrons. The molecule has 1 amide bonds. The number of ether oxygens (including phenoxy) is 4. The highest BCUT2D eigenvalue weighted by atomic mass is 16.7. The van der Waals surface area contributed by atoms with Crippen LogP contribution < -0.4 is 34.0 Å². The third kappa shape index (κ3) is 7.81. The Bertz CT molecular complexity index is 771. The number of nitrogens with two attached hydrogens (primary N) is 5. The number of carbonyl (C=O) groups is 1. The lowest BCUT2D eigenvalue weighted by molar-refractivity contribution is -0.314. The van der Waals surface area contributed by atoms with Crippen LogP contribution in [0.3, 0.4) is 0 Å². The molecule has 16 nitrogen and oxygen atoms in total. The Morgan fingerprint density at radius 2 is 1.64 bits per heavy atom. The molecule has 0 radical (unpaired) electrons. The molecule has 1 aliphatic carbocycles. The first-order chi connectivity index (χ1) is 18.5. The van der Waals surface area contributed by atoms with Crippen molar-refractivity contribution in [2.24, 2.45) is 28.7 Å². The molecular formula is C23H46N6O10. The third-order valence-corrected chi connectivity index (χ3v) is 7.61. The van der Waals surface area contributed by atoms with Crippen LogP contribution in [0.1, 0.15) is 32.1 Å². The summed E-state index contributed by atoms with van der Waals surface area (Å²) >= 11 is 0. The van der Waals surface area contributed by atoms with E-state index in [1.165, 1.54) is 0 Å². The number of aliphatic hydroxyl groups is 5. The Balaban J connectivity index is 1.81. The lowest BCUT2D eigenvalue weighted by Gasteiger charge is -2.48. The van der Waals surface area contributed by atoms with Crippen LogP contribution in [0.25, 0.3) is 0 Å². The molecular weight excluding hydrogens is 520 g/mol. The predicted molar refractivity (Wildman–Crippen MR) is 135 cm³/mol. The molecule has 0 aromatic heterocycles. The van der Waals surface area contributed by atoms with Crippen LogP contribution in [0, 0.1) is 0 Å². The molecule has 0 aromatic rings. The predicted octanol–water partition coefficient (Wildman–Crippen LogP) is -6.01. The van der Waals surface area contributed by atoms with E-state index in [9.17, 15) is 30.3 Å². The lowest BCUT2D eigenvalue weighted by Crippen LogP contribution is -2.69. The fourth-order valence-electron chi connectivity index (χ4n) is 5.18. The summed E-state index contributed by atoms with van der Waals surface area (Å²) in [5.41, 5.74) is 29.6. The summed E-state index contributed by atoms with van der Waals surface area (Å²) < 4.78 is 23.3. The summed E-state index contributed by atoms with van der Waals surface area (Å²) in [4.78, 5) is 12.7. The number of amides is 1. The number of aliphatic hydroxyl groups excluding tert-OH is 5. The maximum absolute atomic E-state index is 12.7. The third-order valence-electron chi connectivity index (χ3n) is 7.61. The van der Waals surface area contributed by atoms with Crippen molar-refractivity contribution in [2.45, 2.75) is 118 Å². The van der Waals surface area contributed by atoms with E-state index >= 15 is 0 Å². The second-order valence-corrected chi connectivity index (χ2v) is 10.5. The van der Waals surface area contributed by atoms with Crippen LogP contribution in [0.4, 0.5) is 0 Å². The monoisotopic (exact) mass is 566 g/mol. The van der Waals surface area contributed by atoms with E-state index in [2.05, 4.69) is 5.32 Å². The first-order valence-electron chi connectivity index (χ1n) is 13.4. The Hall–Kier alpha value is -1.09. The minimum absolute atomic E-state index is 0.0327. The quantitative estimate of drug-likeness (QED) is 0.111. The number of carbonyl (C=O) groups excluding carboxylic acids is 1. The summed E-state index contributed by atoms with van der Waals surface area (Å²) in [5, 5.41) is 54.7. The van der Waals surface area contributed by atoms with Gasteiger partial charge >= 0.3 is 0 Å². The molecule has 3 aliphatic rings. The topological polar surface area (TPSA) is 297 Å². The number of nitrogens with one attached hydrogen (secondary N) is 1. The molecule has 16 heteroatoms. The average Bonchev–Trinajstić information content (AvgIpc) is 2.92. The molecule has 2 heterocycles. The number of rotatable bonds is 11. The van der Waals surface area contributed by atoms with Gasteiger partial charge in [-0.2, -0.15) is 0 Å². The first kappa shape index (κ1) is 32.4. The SMILES string of the molecule is NCCC[C@H](O)C(=O)N[C@@H]1C[C@H](N)[C@@H](O[C@H]2O[C@H](CN)CC[C@H]2N)[C@H](O)[C@H]1O[C@H]1O[C@H](CO)[C@@H](O)[C@H](N)[C@H]1O. The van der Waals surface area contributed by atoms with Crippen LogP contribution in [0.2, 0.25) is 0 Å². The Morgan fingerprint density at radius 1 is 0.949 bits per heavy atom. The molecule has 3 rings (SSSR count). The zero-order chi connectivity index (χ0) is 28.9. The summed E-state index contributed by atoms with van der Waals surface area (Å²) in [6.07, 6.45) is -10.2. The first-order valence-corrected chi connectivity index (χ1v) is 13.4. The highest BCUT2D eigenvalue weighted by Crippen LogP contribution is 2.31. The summed E-state index contributed by atoms with van der Waals surface area (Å²) in [6, 6.07) is -3.52. The van der Waals surface area contributed by atoms with Gasteiger partial charge in [-0.3, -0.25) is 4.79 Å². The van der Waals surface area contributed by atoms with Crippen molar-refractivity contribution in [2.75, 3.05) is 19.7 Å². The molecule has 3 fully saturated rings. The molecule has 0 aromatic carbocycles. The van der Waals surface area contributed by atoms with Gasteiger partial charge in [0.15, 0.2) is 12.6 Å². The van der Waals surface area contributed by atoms with E-state index in [1.54, 1.807) is 0 Å². The van der Waals surface area contributed by atoms with E-state index in [-0.39, 0.29) is 32.0 Å². The van der Waals surface area contributed by atoms with E-state index in [0.29, 0.717) is 19.3 Å². The van der Waals surface area contributed by atoms with E-state index in [0.717, 1.165) is 0 Å². The van der Waals surface area contributed by atoms with Gasteiger partial charge in [0.2, 0.25) is 5.91 Å². The van der Waals surface area contributed by atoms with Crippen LogP contribution in [0.15, 0.2) is 0 Å². The lowest BCUT2D eigenvalue weighted by atomic mass is 9.83. The molecule has 0 spiro atoms. The Morgan fingerprint density at radius 3 is 2.28 bits per heavy atom. The zero-order valence-electron chi connectivity index (χ0n) is 21.9. The summed E-state index contributed by atoms with van der Waals surface area (Å²) in [7, 11) is 0. The standard InChI is InChI=1S/C23H46N6O10/c24-5-1-2-13(31)21(35)29-12-6-11(27)19(38-22-10(26)4-3-9(7-25)36-22)18(34)20(12)39-23-17(33)15(28)16(32)14(8-30)37-23/h9-20,22-23,30-34H,1-8,24-28H2,(H,29,35)/t9-,10+,11-,12+,13-,14+,15-,16+,17+,18-,19+,20-,22+,23+/m0/s1. The Kier molecular flexibility index (Phi) is 12.2. The van der Waals surface area contributed by atoms with Gasteiger partial charge in [-0.1, -0.05) is 0 Å². The van der Waals surface area contributed by atoms with Gasteiger partial charge in [0.05, 0.1) is 30.8 Å². The minimum Gasteiger partial charge on any atom is -0.394 e. The van der Waals surface area contributed by atoms with E-state index in [4.69, 9.17) is 47.6 Å².